The van der Waals surface area contributed by atoms with E-state index in [4.69, 9.17) is 0 Å². The van der Waals surface area contributed by atoms with Crippen molar-refractivity contribution < 1.29 is 13.2 Å². The molecule has 11 heteroatoms. The van der Waals surface area contributed by atoms with Crippen molar-refractivity contribution in [3.63, 3.8) is 0 Å². The summed E-state index contributed by atoms with van der Waals surface area (Å²) < 4.78 is 27.6. The number of benzene rings is 1. The molecule has 1 saturated heterocycles. The summed E-state index contributed by atoms with van der Waals surface area (Å²) in [6.07, 6.45) is 4.61. The van der Waals surface area contributed by atoms with Gasteiger partial charge in [-0.3, -0.25) is 9.36 Å². The lowest BCUT2D eigenvalue weighted by atomic mass is 10.3. The Labute approximate surface area is 180 Å². The van der Waals surface area contributed by atoms with Gasteiger partial charge in [0.2, 0.25) is 21.9 Å². The second kappa shape index (κ2) is 8.56. The van der Waals surface area contributed by atoms with Gasteiger partial charge >= 0.3 is 0 Å². The van der Waals surface area contributed by atoms with E-state index in [2.05, 4.69) is 25.0 Å². The van der Waals surface area contributed by atoms with Gasteiger partial charge in [-0.1, -0.05) is 11.8 Å². The molecule has 0 spiro atoms. The molecule has 2 aliphatic rings. The molecule has 1 aromatic carbocycles. The number of carbonyl (C=O) groups is 1. The minimum absolute atomic E-state index is 0.170. The maximum Gasteiger partial charge on any atom is 0.242 e. The van der Waals surface area contributed by atoms with Crippen LogP contribution in [0.25, 0.3) is 0 Å². The molecule has 0 atom stereocenters. The molecule has 1 N–H and O–H groups in total. The van der Waals surface area contributed by atoms with Crippen LogP contribution in [0.1, 0.15) is 31.7 Å². The minimum Gasteiger partial charge on any atom is -0.341 e. The van der Waals surface area contributed by atoms with E-state index in [0.717, 1.165) is 41.3 Å². The standard InChI is InChI=1S/C19H26N6O3S2/c1-23(2)30(27,28)16-9-5-14(6-10-16)20-17(26)13-29-19-22-21-18(24-11-3-4-12-24)25(19)15-7-8-15/h5-6,9-10,15H,3-4,7-8,11-13H2,1-2H3,(H,20,26). The van der Waals surface area contributed by atoms with E-state index in [1.165, 1.54) is 50.8 Å². The highest BCUT2D eigenvalue weighted by atomic mass is 32.2. The fraction of sp³-hybridized carbons (Fsp3) is 0.526. The van der Waals surface area contributed by atoms with Gasteiger partial charge in [0, 0.05) is 38.9 Å². The van der Waals surface area contributed by atoms with Crippen molar-refractivity contribution >= 4 is 39.3 Å². The van der Waals surface area contributed by atoms with E-state index in [1.807, 2.05) is 0 Å². The van der Waals surface area contributed by atoms with Crippen molar-refractivity contribution in [1.29, 1.82) is 0 Å². The van der Waals surface area contributed by atoms with Crippen LogP contribution in [0.4, 0.5) is 11.6 Å². The first-order chi connectivity index (χ1) is 14.4. The molecule has 9 nitrogen and oxygen atoms in total. The SMILES string of the molecule is CN(C)S(=O)(=O)c1ccc(NC(=O)CSc2nnc(N3CCCC3)n2C2CC2)cc1. The van der Waals surface area contributed by atoms with Crippen LogP contribution in [0.2, 0.25) is 0 Å². The first-order valence-electron chi connectivity index (χ1n) is 10.0. The smallest absolute Gasteiger partial charge is 0.242 e. The Bertz CT molecular complexity index is 1010. The Hall–Kier alpha value is -2.11. The van der Waals surface area contributed by atoms with Crippen LogP contribution >= 0.6 is 11.8 Å². The first-order valence-corrected chi connectivity index (χ1v) is 12.4. The molecule has 1 saturated carbocycles. The van der Waals surface area contributed by atoms with Gasteiger partial charge in [0.15, 0.2) is 5.16 Å². The van der Waals surface area contributed by atoms with Gasteiger partial charge in [-0.25, -0.2) is 12.7 Å². The van der Waals surface area contributed by atoms with Crippen LogP contribution in [-0.2, 0) is 14.8 Å². The van der Waals surface area contributed by atoms with Gasteiger partial charge in [-0.05, 0) is 49.9 Å². The number of hydrogen-bond donors (Lipinski definition) is 1. The van der Waals surface area contributed by atoms with Gasteiger partial charge in [-0.15, -0.1) is 10.2 Å². The second-order valence-electron chi connectivity index (χ2n) is 7.73. The van der Waals surface area contributed by atoms with Gasteiger partial charge in [0.05, 0.1) is 10.6 Å². The summed E-state index contributed by atoms with van der Waals surface area (Å²) in [5.74, 6) is 0.967. The zero-order chi connectivity index (χ0) is 21.3. The van der Waals surface area contributed by atoms with Crippen molar-refractivity contribution in [3.8, 4) is 0 Å². The molecule has 1 aliphatic carbocycles. The molecule has 2 aromatic rings. The minimum atomic E-state index is -3.49. The number of carbonyl (C=O) groups excluding carboxylic acids is 1. The van der Waals surface area contributed by atoms with Crippen molar-refractivity contribution in [3.05, 3.63) is 24.3 Å². The highest BCUT2D eigenvalue weighted by Crippen LogP contribution is 2.41. The van der Waals surface area contributed by atoms with Crippen molar-refractivity contribution in [2.24, 2.45) is 0 Å². The number of nitrogens with one attached hydrogen (secondary N) is 1. The van der Waals surface area contributed by atoms with Crippen LogP contribution in [0.15, 0.2) is 34.3 Å². The van der Waals surface area contributed by atoms with Crippen LogP contribution in [-0.4, -0.2) is 66.3 Å². The highest BCUT2D eigenvalue weighted by Gasteiger charge is 2.32. The second-order valence-corrected chi connectivity index (χ2v) is 10.8. The van der Waals surface area contributed by atoms with Crippen molar-refractivity contribution in [2.75, 3.05) is 43.2 Å². The lowest BCUT2D eigenvalue weighted by molar-refractivity contribution is -0.113. The zero-order valence-corrected chi connectivity index (χ0v) is 18.7. The molecule has 0 unspecified atom stereocenters. The Kier molecular flexibility index (Phi) is 6.03. The largest absolute Gasteiger partial charge is 0.341 e. The number of thioether (sulfide) groups is 1. The van der Waals surface area contributed by atoms with E-state index in [-0.39, 0.29) is 16.6 Å². The quantitative estimate of drug-likeness (QED) is 0.615. The number of amides is 1. The Morgan fingerprint density at radius 3 is 2.43 bits per heavy atom. The summed E-state index contributed by atoms with van der Waals surface area (Å²) >= 11 is 1.38. The average Bonchev–Trinajstić information content (AvgIpc) is 3.24. The van der Waals surface area contributed by atoms with Gasteiger partial charge in [-0.2, -0.15) is 0 Å². The molecule has 1 aromatic heterocycles. The van der Waals surface area contributed by atoms with Crippen molar-refractivity contribution in [1.82, 2.24) is 19.1 Å². The number of sulfonamides is 1. The molecule has 0 bridgehead atoms. The Balaban J connectivity index is 1.37. The molecule has 2 fully saturated rings. The molecular weight excluding hydrogens is 424 g/mol. The molecule has 0 radical (unpaired) electrons. The molecule has 1 amide bonds. The fourth-order valence-corrected chi connectivity index (χ4v) is 5.10. The Morgan fingerprint density at radius 1 is 1.17 bits per heavy atom. The summed E-state index contributed by atoms with van der Waals surface area (Å²) in [7, 11) is -0.518. The normalized spacial score (nSPS) is 17.0. The fourth-order valence-electron chi connectivity index (χ4n) is 3.40. The maximum absolute atomic E-state index is 12.4. The monoisotopic (exact) mass is 450 g/mol. The third-order valence-electron chi connectivity index (χ3n) is 5.20. The number of nitrogens with zero attached hydrogens (tertiary/aromatic N) is 5. The van der Waals surface area contributed by atoms with Gasteiger partial charge in [0.25, 0.3) is 0 Å². The van der Waals surface area contributed by atoms with Crippen LogP contribution in [0.5, 0.6) is 0 Å². The number of rotatable bonds is 8. The van der Waals surface area contributed by atoms with E-state index < -0.39 is 10.0 Å². The molecule has 30 heavy (non-hydrogen) atoms. The number of aromatic nitrogens is 3. The zero-order valence-electron chi connectivity index (χ0n) is 17.1. The van der Waals surface area contributed by atoms with Crippen LogP contribution in [0, 0.1) is 0 Å². The number of anilines is 2. The lowest BCUT2D eigenvalue weighted by Gasteiger charge is -2.17. The van der Waals surface area contributed by atoms with Gasteiger partial charge < -0.3 is 10.2 Å². The van der Waals surface area contributed by atoms with Crippen LogP contribution in [0.3, 0.4) is 0 Å². The van der Waals surface area contributed by atoms with E-state index in [0.29, 0.717) is 11.7 Å². The maximum atomic E-state index is 12.4. The summed E-state index contributed by atoms with van der Waals surface area (Å²) in [4.78, 5) is 14.9. The molecule has 4 rings (SSSR count). The molecular formula is C19H26N6O3S2. The number of hydrogen-bond acceptors (Lipinski definition) is 7. The first kappa shape index (κ1) is 21.1. The Morgan fingerprint density at radius 2 is 1.83 bits per heavy atom. The van der Waals surface area contributed by atoms with E-state index in [1.54, 1.807) is 12.1 Å². The molecule has 2 heterocycles. The predicted octanol–water partition coefficient (Wildman–Crippen LogP) is 2.19. The topological polar surface area (TPSA) is 100 Å². The average molecular weight is 451 g/mol. The predicted molar refractivity (Wildman–Crippen MR) is 116 cm³/mol. The molecule has 162 valence electrons. The van der Waals surface area contributed by atoms with Gasteiger partial charge in [0.1, 0.15) is 0 Å². The van der Waals surface area contributed by atoms with Crippen molar-refractivity contribution in [2.45, 2.75) is 41.8 Å². The third-order valence-corrected chi connectivity index (χ3v) is 7.97. The van der Waals surface area contributed by atoms with Crippen LogP contribution < -0.4 is 10.2 Å². The summed E-state index contributed by atoms with van der Waals surface area (Å²) in [6, 6.07) is 6.61. The van der Waals surface area contributed by atoms with E-state index in [9.17, 15) is 13.2 Å². The summed E-state index contributed by atoms with van der Waals surface area (Å²) in [5.41, 5.74) is 0.555. The van der Waals surface area contributed by atoms with E-state index >= 15 is 0 Å². The summed E-state index contributed by atoms with van der Waals surface area (Å²) in [6.45, 7) is 2.02. The molecule has 1 aliphatic heterocycles. The lowest BCUT2D eigenvalue weighted by Crippen LogP contribution is -2.22. The highest BCUT2D eigenvalue weighted by molar-refractivity contribution is 7.99. The summed E-state index contributed by atoms with van der Waals surface area (Å²) in [5, 5.41) is 12.3. The third kappa shape index (κ3) is 4.47.